The molecule has 5 rings (SSSR count). The number of benzene rings is 1. The van der Waals surface area contributed by atoms with E-state index in [0.717, 1.165) is 24.3 Å². The second-order valence-electron chi connectivity index (χ2n) is 7.80. The van der Waals surface area contributed by atoms with Gasteiger partial charge in [-0.15, -0.1) is 0 Å². The van der Waals surface area contributed by atoms with Gasteiger partial charge in [0.15, 0.2) is 5.78 Å². The molecule has 3 heteroatoms. The van der Waals surface area contributed by atoms with Crippen molar-refractivity contribution < 1.29 is 9.18 Å². The minimum absolute atomic E-state index is 0.109. The fourth-order valence-electron chi connectivity index (χ4n) is 5.55. The molecule has 0 saturated heterocycles. The summed E-state index contributed by atoms with van der Waals surface area (Å²) in [6, 6.07) is 5.89. The van der Waals surface area contributed by atoms with Crippen LogP contribution in [0.25, 0.3) is 0 Å². The van der Waals surface area contributed by atoms with Crippen molar-refractivity contribution in [3.63, 3.8) is 0 Å². The zero-order valence-corrected chi connectivity index (χ0v) is 13.0. The fourth-order valence-corrected chi connectivity index (χ4v) is 5.55. The van der Waals surface area contributed by atoms with Gasteiger partial charge in [0.05, 0.1) is 0 Å². The number of carbonyl (C=O) groups excluding carboxylic acids is 1. The molecule has 22 heavy (non-hydrogen) atoms. The molecule has 4 aliphatic carbocycles. The zero-order chi connectivity index (χ0) is 15.2. The first-order valence-corrected chi connectivity index (χ1v) is 8.66. The third-order valence-electron chi connectivity index (χ3n) is 6.06. The molecule has 4 aliphatic rings. The standard InChI is InChI=1S/C19H24FNO/c20-17-3-1-16(2-4-17)18(22)5-6-21-19-10-13-7-14(11-19)9-15(8-13)12-19/h1-4,13-15,21H,5-12H2. The first-order chi connectivity index (χ1) is 10.6. The molecule has 0 atom stereocenters. The summed E-state index contributed by atoms with van der Waals surface area (Å²) < 4.78 is 12.9. The van der Waals surface area contributed by atoms with Crippen LogP contribution in [0, 0.1) is 23.6 Å². The Kier molecular flexibility index (Phi) is 3.56. The van der Waals surface area contributed by atoms with Gasteiger partial charge < -0.3 is 5.32 Å². The molecule has 1 aromatic carbocycles. The quantitative estimate of drug-likeness (QED) is 0.834. The van der Waals surface area contributed by atoms with E-state index in [2.05, 4.69) is 5.32 Å². The van der Waals surface area contributed by atoms with Crippen LogP contribution in [-0.2, 0) is 0 Å². The fraction of sp³-hybridized carbons (Fsp3) is 0.632. The third-order valence-corrected chi connectivity index (χ3v) is 6.06. The van der Waals surface area contributed by atoms with E-state index in [1.807, 2.05) is 0 Å². The number of halogens is 1. The summed E-state index contributed by atoms with van der Waals surface area (Å²) >= 11 is 0. The maximum Gasteiger partial charge on any atom is 0.164 e. The average Bonchev–Trinajstić information content (AvgIpc) is 2.46. The Balaban J connectivity index is 1.33. The lowest BCUT2D eigenvalue weighted by Gasteiger charge is -2.57. The first kappa shape index (κ1) is 14.4. The Morgan fingerprint density at radius 2 is 1.59 bits per heavy atom. The smallest absolute Gasteiger partial charge is 0.164 e. The Bertz CT molecular complexity index is 530. The second-order valence-corrected chi connectivity index (χ2v) is 7.80. The molecule has 0 amide bonds. The SMILES string of the molecule is O=C(CCNC12CC3CC(CC(C3)C1)C2)c1ccc(F)cc1. The summed E-state index contributed by atoms with van der Waals surface area (Å²) in [5, 5.41) is 3.74. The van der Waals surface area contributed by atoms with Crippen molar-refractivity contribution in [2.75, 3.05) is 6.54 Å². The molecule has 4 saturated carbocycles. The van der Waals surface area contributed by atoms with E-state index < -0.39 is 0 Å². The number of rotatable bonds is 5. The van der Waals surface area contributed by atoms with Crippen LogP contribution in [0.5, 0.6) is 0 Å². The molecule has 1 aromatic rings. The molecule has 0 radical (unpaired) electrons. The summed E-state index contributed by atoms with van der Waals surface area (Å²) in [5.41, 5.74) is 0.936. The van der Waals surface area contributed by atoms with Crippen LogP contribution in [0.1, 0.15) is 55.3 Å². The Morgan fingerprint density at radius 3 is 2.14 bits per heavy atom. The van der Waals surface area contributed by atoms with Crippen molar-refractivity contribution in [2.45, 2.75) is 50.5 Å². The molecule has 118 valence electrons. The molecule has 0 unspecified atom stereocenters. The summed E-state index contributed by atoms with van der Waals surface area (Å²) in [6.45, 7) is 0.752. The lowest BCUT2D eigenvalue weighted by Crippen LogP contribution is -2.58. The first-order valence-electron chi connectivity index (χ1n) is 8.66. The Labute approximate surface area is 131 Å². The van der Waals surface area contributed by atoms with E-state index in [1.165, 1.54) is 50.7 Å². The van der Waals surface area contributed by atoms with Gasteiger partial charge in [0.1, 0.15) is 5.82 Å². The number of ketones is 1. The van der Waals surface area contributed by atoms with Gasteiger partial charge in [-0.25, -0.2) is 4.39 Å². The molecular formula is C19H24FNO. The van der Waals surface area contributed by atoms with Gasteiger partial charge in [-0.1, -0.05) is 0 Å². The van der Waals surface area contributed by atoms with Crippen LogP contribution >= 0.6 is 0 Å². The van der Waals surface area contributed by atoms with E-state index >= 15 is 0 Å². The zero-order valence-electron chi connectivity index (χ0n) is 13.0. The van der Waals surface area contributed by atoms with Gasteiger partial charge in [-0.2, -0.15) is 0 Å². The maximum atomic E-state index is 12.9. The van der Waals surface area contributed by atoms with E-state index in [-0.39, 0.29) is 11.6 Å². The van der Waals surface area contributed by atoms with Crippen LogP contribution < -0.4 is 5.32 Å². The highest BCUT2D eigenvalue weighted by Crippen LogP contribution is 2.55. The van der Waals surface area contributed by atoms with E-state index in [0.29, 0.717) is 17.5 Å². The molecule has 1 N–H and O–H groups in total. The molecule has 4 bridgehead atoms. The molecule has 2 nitrogen and oxygen atoms in total. The van der Waals surface area contributed by atoms with Gasteiger partial charge in [-0.3, -0.25) is 4.79 Å². The van der Waals surface area contributed by atoms with Gasteiger partial charge in [0, 0.05) is 24.1 Å². The molecule has 0 spiro atoms. The highest BCUT2D eigenvalue weighted by atomic mass is 19.1. The highest BCUT2D eigenvalue weighted by molar-refractivity contribution is 5.96. The van der Waals surface area contributed by atoms with Crippen molar-refractivity contribution in [2.24, 2.45) is 17.8 Å². The minimum atomic E-state index is -0.289. The second kappa shape index (κ2) is 5.45. The number of nitrogens with one attached hydrogen (secondary N) is 1. The van der Waals surface area contributed by atoms with Crippen LogP contribution in [0.4, 0.5) is 4.39 Å². The summed E-state index contributed by atoms with van der Waals surface area (Å²) in [4.78, 5) is 12.2. The summed E-state index contributed by atoms with van der Waals surface area (Å²) in [7, 11) is 0. The summed E-state index contributed by atoms with van der Waals surface area (Å²) in [5.74, 6) is 2.59. The van der Waals surface area contributed by atoms with Crippen LogP contribution in [0.15, 0.2) is 24.3 Å². The molecular weight excluding hydrogens is 277 g/mol. The van der Waals surface area contributed by atoms with Crippen molar-refractivity contribution in [3.05, 3.63) is 35.6 Å². The number of hydrogen-bond donors (Lipinski definition) is 1. The topological polar surface area (TPSA) is 29.1 Å². The number of hydrogen-bond acceptors (Lipinski definition) is 2. The highest BCUT2D eigenvalue weighted by Gasteiger charge is 2.50. The Hall–Kier alpha value is -1.22. The minimum Gasteiger partial charge on any atom is -0.311 e. The van der Waals surface area contributed by atoms with Crippen LogP contribution in [-0.4, -0.2) is 17.9 Å². The van der Waals surface area contributed by atoms with E-state index in [9.17, 15) is 9.18 Å². The molecule has 0 aromatic heterocycles. The van der Waals surface area contributed by atoms with Gasteiger partial charge >= 0.3 is 0 Å². The predicted octanol–water partition coefficient (Wildman–Crippen LogP) is 3.96. The Morgan fingerprint density at radius 1 is 1.05 bits per heavy atom. The van der Waals surface area contributed by atoms with Crippen LogP contribution in [0.3, 0.4) is 0 Å². The summed E-state index contributed by atoms with van der Waals surface area (Å²) in [6.07, 6.45) is 8.75. The van der Waals surface area contributed by atoms with Gasteiger partial charge in [-0.05, 0) is 80.5 Å². The molecule has 4 fully saturated rings. The molecule has 0 heterocycles. The van der Waals surface area contributed by atoms with E-state index in [1.54, 1.807) is 12.1 Å². The monoisotopic (exact) mass is 301 g/mol. The van der Waals surface area contributed by atoms with Gasteiger partial charge in [0.2, 0.25) is 0 Å². The van der Waals surface area contributed by atoms with Crippen molar-refractivity contribution in [3.8, 4) is 0 Å². The lowest BCUT2D eigenvalue weighted by molar-refractivity contribution is -0.0193. The maximum absolute atomic E-state index is 12.9. The van der Waals surface area contributed by atoms with E-state index in [4.69, 9.17) is 0 Å². The van der Waals surface area contributed by atoms with Crippen molar-refractivity contribution in [1.29, 1.82) is 0 Å². The predicted molar refractivity (Wildman–Crippen MR) is 84.3 cm³/mol. The largest absolute Gasteiger partial charge is 0.311 e. The van der Waals surface area contributed by atoms with Gasteiger partial charge in [0.25, 0.3) is 0 Å². The lowest BCUT2D eigenvalue weighted by atomic mass is 9.53. The number of carbonyl (C=O) groups is 1. The molecule has 0 aliphatic heterocycles. The normalized spacial score (nSPS) is 35.8. The third kappa shape index (κ3) is 2.71. The number of Topliss-reactive ketones (excluding diaryl/α,β-unsaturated/α-hetero) is 1. The van der Waals surface area contributed by atoms with Crippen molar-refractivity contribution >= 4 is 5.78 Å². The van der Waals surface area contributed by atoms with Crippen LogP contribution in [0.2, 0.25) is 0 Å². The van der Waals surface area contributed by atoms with Crippen molar-refractivity contribution in [1.82, 2.24) is 5.32 Å². The average molecular weight is 301 g/mol.